The molecule has 0 bridgehead atoms. The lowest BCUT2D eigenvalue weighted by atomic mass is 9.96. The van der Waals surface area contributed by atoms with Gasteiger partial charge < -0.3 is 11.1 Å². The quantitative estimate of drug-likeness (QED) is 0.603. The van der Waals surface area contributed by atoms with Crippen molar-refractivity contribution in [3.05, 3.63) is 15.8 Å². The highest BCUT2D eigenvalue weighted by atomic mass is 16.6. The summed E-state index contributed by atoms with van der Waals surface area (Å²) in [7, 11) is 0. The average Bonchev–Trinajstić information content (AvgIpc) is 3.15. The van der Waals surface area contributed by atoms with E-state index in [1.54, 1.807) is 11.6 Å². The second kappa shape index (κ2) is 4.80. The van der Waals surface area contributed by atoms with Crippen molar-refractivity contribution >= 4 is 11.5 Å². The van der Waals surface area contributed by atoms with Gasteiger partial charge in [0.1, 0.15) is 5.69 Å². The molecule has 0 aromatic carbocycles. The molecule has 7 nitrogen and oxygen atoms in total. The first-order valence-electron chi connectivity index (χ1n) is 6.63. The number of hydrogen-bond donors (Lipinski definition) is 2. The van der Waals surface area contributed by atoms with Crippen molar-refractivity contribution < 1.29 is 4.92 Å². The molecule has 1 aliphatic carbocycles. The predicted molar refractivity (Wildman–Crippen MR) is 73.1 cm³/mol. The van der Waals surface area contributed by atoms with Crippen LogP contribution in [0.2, 0.25) is 0 Å². The van der Waals surface area contributed by atoms with Crippen LogP contribution in [0.1, 0.15) is 32.4 Å². The van der Waals surface area contributed by atoms with E-state index in [1.807, 2.05) is 13.8 Å². The number of aryl methyl sites for hydroxylation is 2. The van der Waals surface area contributed by atoms with Gasteiger partial charge in [0.25, 0.3) is 0 Å². The summed E-state index contributed by atoms with van der Waals surface area (Å²) < 4.78 is 1.64. The second-order valence-electron chi connectivity index (χ2n) is 5.38. The summed E-state index contributed by atoms with van der Waals surface area (Å²) in [6.45, 7) is 6.63. The van der Waals surface area contributed by atoms with Crippen LogP contribution in [0.25, 0.3) is 0 Å². The smallest absolute Gasteiger partial charge is 0.333 e. The van der Waals surface area contributed by atoms with E-state index in [9.17, 15) is 10.1 Å². The molecule has 0 spiro atoms. The standard InChI is InChI=1S/C12H21N5O2/c1-4-16-11(10(17(18)19)8(2)15-16)14-12(3,7-13)9-5-6-9/h9,14H,4-7,13H2,1-3H3. The van der Waals surface area contributed by atoms with Crippen LogP contribution < -0.4 is 11.1 Å². The summed E-state index contributed by atoms with van der Waals surface area (Å²) in [5, 5.41) is 18.7. The van der Waals surface area contributed by atoms with Gasteiger partial charge in [-0.15, -0.1) is 0 Å². The molecule has 1 fully saturated rings. The topological polar surface area (TPSA) is 99.0 Å². The van der Waals surface area contributed by atoms with Crippen LogP contribution in [0.3, 0.4) is 0 Å². The Morgan fingerprint density at radius 1 is 1.63 bits per heavy atom. The molecule has 19 heavy (non-hydrogen) atoms. The van der Waals surface area contributed by atoms with E-state index in [0.29, 0.717) is 30.5 Å². The number of hydrogen-bond acceptors (Lipinski definition) is 5. The monoisotopic (exact) mass is 267 g/mol. The highest BCUT2D eigenvalue weighted by Gasteiger charge is 2.42. The molecule has 7 heteroatoms. The number of nitrogens with two attached hydrogens (primary N) is 1. The maximum Gasteiger partial charge on any atom is 0.333 e. The molecular weight excluding hydrogens is 246 g/mol. The van der Waals surface area contributed by atoms with Gasteiger partial charge in [-0.2, -0.15) is 5.10 Å². The largest absolute Gasteiger partial charge is 0.358 e. The van der Waals surface area contributed by atoms with E-state index < -0.39 is 0 Å². The van der Waals surface area contributed by atoms with Crippen molar-refractivity contribution in [2.45, 2.75) is 45.7 Å². The predicted octanol–water partition coefficient (Wildman–Crippen LogP) is 1.66. The Labute approximate surface area is 112 Å². The number of rotatable bonds is 6. The Balaban J connectivity index is 2.40. The van der Waals surface area contributed by atoms with E-state index in [0.717, 1.165) is 12.8 Å². The normalized spacial score (nSPS) is 18.1. The Morgan fingerprint density at radius 3 is 2.68 bits per heavy atom. The van der Waals surface area contributed by atoms with Gasteiger partial charge in [0.2, 0.25) is 5.82 Å². The molecule has 1 aliphatic rings. The summed E-state index contributed by atoms with van der Waals surface area (Å²) in [5.74, 6) is 0.961. The maximum atomic E-state index is 11.2. The van der Waals surface area contributed by atoms with Crippen LogP contribution >= 0.6 is 0 Å². The van der Waals surface area contributed by atoms with Crippen LogP contribution in [0, 0.1) is 23.0 Å². The average molecular weight is 267 g/mol. The van der Waals surface area contributed by atoms with Gasteiger partial charge in [-0.05, 0) is 39.5 Å². The van der Waals surface area contributed by atoms with Crippen molar-refractivity contribution in [2.24, 2.45) is 11.7 Å². The lowest BCUT2D eigenvalue weighted by Gasteiger charge is -2.30. The fourth-order valence-corrected chi connectivity index (χ4v) is 2.45. The van der Waals surface area contributed by atoms with Crippen LogP contribution in [-0.4, -0.2) is 26.8 Å². The number of anilines is 1. The minimum absolute atomic E-state index is 0.0576. The highest BCUT2D eigenvalue weighted by molar-refractivity contribution is 5.61. The van der Waals surface area contributed by atoms with Gasteiger partial charge in [0.05, 0.1) is 10.5 Å². The summed E-state index contributed by atoms with van der Waals surface area (Å²) in [6.07, 6.45) is 2.24. The van der Waals surface area contributed by atoms with Gasteiger partial charge in [-0.3, -0.25) is 10.1 Å². The van der Waals surface area contributed by atoms with Gasteiger partial charge in [0, 0.05) is 13.1 Å². The first-order chi connectivity index (χ1) is 8.92. The minimum Gasteiger partial charge on any atom is -0.358 e. The zero-order valence-electron chi connectivity index (χ0n) is 11.6. The minimum atomic E-state index is -0.374. The molecular formula is C12H21N5O2. The second-order valence-corrected chi connectivity index (χ2v) is 5.38. The Kier molecular flexibility index (Phi) is 3.49. The Hall–Kier alpha value is -1.63. The van der Waals surface area contributed by atoms with Crippen molar-refractivity contribution in [1.82, 2.24) is 9.78 Å². The summed E-state index contributed by atoms with van der Waals surface area (Å²) in [5.41, 5.74) is 6.05. The maximum absolute atomic E-state index is 11.2. The molecule has 1 saturated carbocycles. The first kappa shape index (κ1) is 13.8. The molecule has 106 valence electrons. The molecule has 1 heterocycles. The zero-order valence-corrected chi connectivity index (χ0v) is 11.6. The molecule has 1 unspecified atom stereocenters. The molecule has 1 aromatic rings. The number of nitrogens with one attached hydrogen (secondary N) is 1. The number of aromatic nitrogens is 2. The van der Waals surface area contributed by atoms with E-state index in [4.69, 9.17) is 5.73 Å². The molecule has 0 amide bonds. The zero-order chi connectivity index (χ0) is 14.2. The van der Waals surface area contributed by atoms with Gasteiger partial charge in [0.15, 0.2) is 0 Å². The SMILES string of the molecule is CCn1nc(C)c([N+](=O)[O-])c1NC(C)(CN)C1CC1. The molecule has 0 aliphatic heterocycles. The molecule has 3 N–H and O–H groups in total. The third-order valence-electron chi connectivity index (χ3n) is 3.88. The molecule has 1 aromatic heterocycles. The third kappa shape index (κ3) is 2.42. The fourth-order valence-electron chi connectivity index (χ4n) is 2.45. The molecule has 1 atom stereocenters. The van der Waals surface area contributed by atoms with Crippen LogP contribution in [0.4, 0.5) is 11.5 Å². The molecule has 2 rings (SSSR count). The van der Waals surface area contributed by atoms with Gasteiger partial charge in [-0.1, -0.05) is 0 Å². The van der Waals surface area contributed by atoms with Gasteiger partial charge in [-0.25, -0.2) is 4.68 Å². The van der Waals surface area contributed by atoms with E-state index in [2.05, 4.69) is 10.4 Å². The third-order valence-corrected chi connectivity index (χ3v) is 3.88. The summed E-state index contributed by atoms with van der Waals surface area (Å²) in [6, 6.07) is 0. The lowest BCUT2D eigenvalue weighted by Crippen LogP contribution is -2.45. The van der Waals surface area contributed by atoms with Crippen molar-refractivity contribution in [2.75, 3.05) is 11.9 Å². The van der Waals surface area contributed by atoms with Gasteiger partial charge >= 0.3 is 5.69 Å². The Morgan fingerprint density at radius 2 is 2.26 bits per heavy atom. The van der Waals surface area contributed by atoms with Crippen molar-refractivity contribution in [1.29, 1.82) is 0 Å². The van der Waals surface area contributed by atoms with Crippen molar-refractivity contribution in [3.8, 4) is 0 Å². The lowest BCUT2D eigenvalue weighted by molar-refractivity contribution is -0.384. The molecule has 0 radical (unpaired) electrons. The summed E-state index contributed by atoms with van der Waals surface area (Å²) >= 11 is 0. The highest BCUT2D eigenvalue weighted by Crippen LogP contribution is 2.42. The van der Waals surface area contributed by atoms with Crippen LogP contribution in [0.15, 0.2) is 0 Å². The molecule has 0 saturated heterocycles. The van der Waals surface area contributed by atoms with Crippen molar-refractivity contribution in [3.63, 3.8) is 0 Å². The van der Waals surface area contributed by atoms with Crippen LogP contribution in [0.5, 0.6) is 0 Å². The van der Waals surface area contributed by atoms with E-state index in [-0.39, 0.29) is 16.1 Å². The van der Waals surface area contributed by atoms with E-state index >= 15 is 0 Å². The number of nitro groups is 1. The number of nitrogens with zero attached hydrogens (tertiary/aromatic N) is 3. The Bertz CT molecular complexity index is 495. The first-order valence-corrected chi connectivity index (χ1v) is 6.63. The van der Waals surface area contributed by atoms with Crippen LogP contribution in [-0.2, 0) is 6.54 Å². The fraction of sp³-hybridized carbons (Fsp3) is 0.750. The van der Waals surface area contributed by atoms with E-state index in [1.165, 1.54) is 0 Å². The summed E-state index contributed by atoms with van der Waals surface area (Å²) in [4.78, 5) is 10.8.